The first kappa shape index (κ1) is 13.1. The number of fused-ring (bicyclic) bond motifs is 1. The molecule has 2 rings (SSSR count). The summed E-state index contributed by atoms with van der Waals surface area (Å²) >= 11 is 0. The van der Waals surface area contributed by atoms with Gasteiger partial charge in [-0.3, -0.25) is 4.79 Å². The first-order valence-electron chi connectivity index (χ1n) is 6.74. The summed E-state index contributed by atoms with van der Waals surface area (Å²) in [4.78, 5) is 14.4. The van der Waals surface area contributed by atoms with Crippen molar-refractivity contribution in [1.82, 2.24) is 10.2 Å². The first-order valence-corrected chi connectivity index (χ1v) is 6.74. The lowest BCUT2D eigenvalue weighted by atomic mass is 9.95. The zero-order chi connectivity index (χ0) is 13.1. The van der Waals surface area contributed by atoms with Crippen molar-refractivity contribution in [3.8, 4) is 0 Å². The standard InChI is InChI=1S/C15H22N2O/c1-4-17(11(2)3)15(18)14-9-12-7-5-6-8-13(12)10-16-14/h5-8,11,14,16H,4,9-10H2,1-3H3/t14-/m0/s1. The molecule has 0 radical (unpaired) electrons. The molecule has 98 valence electrons. The molecule has 1 aromatic carbocycles. The van der Waals surface area contributed by atoms with Crippen LogP contribution < -0.4 is 5.32 Å². The number of carbonyl (C=O) groups is 1. The number of nitrogens with one attached hydrogen (secondary N) is 1. The molecule has 1 aromatic rings. The number of rotatable bonds is 3. The Hall–Kier alpha value is -1.35. The minimum atomic E-state index is -0.0674. The smallest absolute Gasteiger partial charge is 0.240 e. The van der Waals surface area contributed by atoms with Crippen LogP contribution in [0.3, 0.4) is 0 Å². The van der Waals surface area contributed by atoms with Crippen molar-refractivity contribution in [1.29, 1.82) is 0 Å². The van der Waals surface area contributed by atoms with Crippen LogP contribution in [0.25, 0.3) is 0 Å². The van der Waals surface area contributed by atoms with E-state index in [9.17, 15) is 4.79 Å². The van der Waals surface area contributed by atoms with Crippen molar-refractivity contribution in [2.24, 2.45) is 0 Å². The number of amides is 1. The number of nitrogens with zero attached hydrogens (tertiary/aromatic N) is 1. The number of carbonyl (C=O) groups excluding carboxylic acids is 1. The first-order chi connectivity index (χ1) is 8.63. The fraction of sp³-hybridized carbons (Fsp3) is 0.533. The van der Waals surface area contributed by atoms with E-state index in [1.807, 2.05) is 17.9 Å². The number of benzene rings is 1. The SMILES string of the molecule is CCN(C(=O)[C@@H]1Cc2ccccc2CN1)C(C)C. The van der Waals surface area contributed by atoms with Crippen LogP contribution in [0.15, 0.2) is 24.3 Å². The van der Waals surface area contributed by atoms with Gasteiger partial charge in [-0.15, -0.1) is 0 Å². The Morgan fingerprint density at radius 3 is 2.67 bits per heavy atom. The Bertz CT molecular complexity index is 428. The maximum absolute atomic E-state index is 12.4. The second kappa shape index (κ2) is 5.53. The van der Waals surface area contributed by atoms with Gasteiger partial charge in [0.05, 0.1) is 6.04 Å². The summed E-state index contributed by atoms with van der Waals surface area (Å²) in [7, 11) is 0. The van der Waals surface area contributed by atoms with E-state index in [1.54, 1.807) is 0 Å². The molecule has 0 aromatic heterocycles. The lowest BCUT2D eigenvalue weighted by Crippen LogP contribution is -2.51. The van der Waals surface area contributed by atoms with Gasteiger partial charge in [-0.2, -0.15) is 0 Å². The van der Waals surface area contributed by atoms with Crippen molar-refractivity contribution < 1.29 is 4.79 Å². The highest BCUT2D eigenvalue weighted by atomic mass is 16.2. The molecule has 3 nitrogen and oxygen atoms in total. The van der Waals surface area contributed by atoms with Crippen molar-refractivity contribution in [2.45, 2.75) is 45.8 Å². The van der Waals surface area contributed by atoms with Crippen molar-refractivity contribution in [3.63, 3.8) is 0 Å². The van der Waals surface area contributed by atoms with Crippen LogP contribution in [0, 0.1) is 0 Å². The predicted octanol–water partition coefficient (Wildman–Crippen LogP) is 1.96. The molecule has 1 heterocycles. The topological polar surface area (TPSA) is 32.3 Å². The molecule has 1 N–H and O–H groups in total. The zero-order valence-corrected chi connectivity index (χ0v) is 11.4. The highest BCUT2D eigenvalue weighted by molar-refractivity contribution is 5.82. The van der Waals surface area contributed by atoms with Crippen molar-refractivity contribution in [2.75, 3.05) is 6.54 Å². The number of hydrogen-bond donors (Lipinski definition) is 1. The summed E-state index contributed by atoms with van der Waals surface area (Å²) in [6.07, 6.45) is 0.804. The van der Waals surface area contributed by atoms with Gasteiger partial charge in [-0.1, -0.05) is 24.3 Å². The summed E-state index contributed by atoms with van der Waals surface area (Å²) in [5, 5.41) is 3.35. The van der Waals surface area contributed by atoms with Gasteiger partial charge in [0.2, 0.25) is 5.91 Å². The van der Waals surface area contributed by atoms with Crippen LogP contribution >= 0.6 is 0 Å². The molecule has 0 unspecified atom stereocenters. The van der Waals surface area contributed by atoms with Crippen LogP contribution in [0.5, 0.6) is 0 Å². The van der Waals surface area contributed by atoms with Gasteiger partial charge in [0.15, 0.2) is 0 Å². The van der Waals surface area contributed by atoms with Crippen LogP contribution in [0.2, 0.25) is 0 Å². The van der Waals surface area contributed by atoms with E-state index in [4.69, 9.17) is 0 Å². The highest BCUT2D eigenvalue weighted by Gasteiger charge is 2.28. The Morgan fingerprint density at radius 2 is 2.06 bits per heavy atom. The Morgan fingerprint density at radius 1 is 1.39 bits per heavy atom. The summed E-state index contributed by atoms with van der Waals surface area (Å²) < 4.78 is 0. The Balaban J connectivity index is 2.11. The van der Waals surface area contributed by atoms with E-state index in [-0.39, 0.29) is 18.0 Å². The van der Waals surface area contributed by atoms with E-state index in [1.165, 1.54) is 11.1 Å². The second-order valence-electron chi connectivity index (χ2n) is 5.12. The predicted molar refractivity (Wildman–Crippen MR) is 73.3 cm³/mol. The normalized spacial score (nSPS) is 18.6. The number of hydrogen-bond acceptors (Lipinski definition) is 2. The second-order valence-corrected chi connectivity index (χ2v) is 5.12. The fourth-order valence-electron chi connectivity index (χ4n) is 2.60. The van der Waals surface area contributed by atoms with Gasteiger partial charge in [0.1, 0.15) is 0 Å². The molecular formula is C15H22N2O. The molecule has 1 amide bonds. The van der Waals surface area contributed by atoms with E-state index >= 15 is 0 Å². The molecule has 1 aliphatic heterocycles. The monoisotopic (exact) mass is 246 g/mol. The summed E-state index contributed by atoms with van der Waals surface area (Å²) in [6, 6.07) is 8.55. The molecular weight excluding hydrogens is 224 g/mol. The Labute approximate surface area is 109 Å². The zero-order valence-electron chi connectivity index (χ0n) is 11.4. The molecule has 0 fully saturated rings. The average Bonchev–Trinajstić information content (AvgIpc) is 2.38. The van der Waals surface area contributed by atoms with E-state index in [0.717, 1.165) is 19.5 Å². The van der Waals surface area contributed by atoms with Crippen LogP contribution in [-0.4, -0.2) is 29.4 Å². The van der Waals surface area contributed by atoms with Crippen LogP contribution in [-0.2, 0) is 17.8 Å². The van der Waals surface area contributed by atoms with Crippen LogP contribution in [0.1, 0.15) is 31.9 Å². The molecule has 0 saturated carbocycles. The highest BCUT2D eigenvalue weighted by Crippen LogP contribution is 2.17. The van der Waals surface area contributed by atoms with Crippen molar-refractivity contribution in [3.05, 3.63) is 35.4 Å². The fourth-order valence-corrected chi connectivity index (χ4v) is 2.60. The lowest BCUT2D eigenvalue weighted by Gasteiger charge is -2.32. The van der Waals surface area contributed by atoms with E-state index < -0.39 is 0 Å². The Kier molecular flexibility index (Phi) is 4.02. The summed E-state index contributed by atoms with van der Waals surface area (Å²) in [5.74, 6) is 0.224. The van der Waals surface area contributed by atoms with Gasteiger partial charge in [-0.25, -0.2) is 0 Å². The van der Waals surface area contributed by atoms with E-state index in [2.05, 4.69) is 37.4 Å². The number of likely N-dealkylation sites (N-methyl/N-ethyl adjacent to an activating group) is 1. The lowest BCUT2D eigenvalue weighted by molar-refractivity contribution is -0.135. The minimum Gasteiger partial charge on any atom is -0.339 e. The van der Waals surface area contributed by atoms with Gasteiger partial charge in [0, 0.05) is 19.1 Å². The van der Waals surface area contributed by atoms with Gasteiger partial charge in [0.25, 0.3) is 0 Å². The largest absolute Gasteiger partial charge is 0.339 e. The molecule has 0 saturated heterocycles. The third kappa shape index (κ3) is 2.56. The third-order valence-corrected chi connectivity index (χ3v) is 3.63. The third-order valence-electron chi connectivity index (χ3n) is 3.63. The quantitative estimate of drug-likeness (QED) is 0.884. The molecule has 18 heavy (non-hydrogen) atoms. The molecule has 0 aliphatic carbocycles. The molecule has 1 atom stereocenters. The summed E-state index contributed by atoms with van der Waals surface area (Å²) in [6.45, 7) is 7.74. The minimum absolute atomic E-state index is 0.0674. The van der Waals surface area contributed by atoms with Crippen molar-refractivity contribution >= 4 is 5.91 Å². The van der Waals surface area contributed by atoms with Gasteiger partial charge in [-0.05, 0) is 38.3 Å². The van der Waals surface area contributed by atoms with Crippen LogP contribution in [0.4, 0.5) is 0 Å². The maximum Gasteiger partial charge on any atom is 0.240 e. The molecule has 0 bridgehead atoms. The molecule has 3 heteroatoms. The molecule has 0 spiro atoms. The van der Waals surface area contributed by atoms with Gasteiger partial charge >= 0.3 is 0 Å². The summed E-state index contributed by atoms with van der Waals surface area (Å²) in [5.41, 5.74) is 2.61. The van der Waals surface area contributed by atoms with Gasteiger partial charge < -0.3 is 10.2 Å². The van der Waals surface area contributed by atoms with E-state index in [0.29, 0.717) is 0 Å². The maximum atomic E-state index is 12.4. The molecule has 1 aliphatic rings. The average molecular weight is 246 g/mol.